The number of rotatable bonds is 6. The Morgan fingerprint density at radius 3 is 2.88 bits per heavy atom. The monoisotopic (exact) mass is 240 g/mol. The second-order valence-electron chi connectivity index (χ2n) is 3.53. The normalized spacial score (nSPS) is 10.1. The molecule has 0 aliphatic heterocycles. The molecular weight excluding hydrogens is 224 g/mol. The second-order valence-corrected chi connectivity index (χ2v) is 4.52. The van der Waals surface area contributed by atoms with Crippen LogP contribution in [0.4, 0.5) is 11.4 Å². The summed E-state index contributed by atoms with van der Waals surface area (Å²) in [5.41, 5.74) is 2.03. The van der Waals surface area contributed by atoms with Gasteiger partial charge in [-0.1, -0.05) is 6.07 Å². The summed E-state index contributed by atoms with van der Waals surface area (Å²) >= 11 is 1.80. The SMILES string of the molecule is CSCCCNc1cc([N+](=O)[O-])ccc1C. The Kier molecular flexibility index (Phi) is 5.11. The van der Waals surface area contributed by atoms with Crippen molar-refractivity contribution in [1.82, 2.24) is 0 Å². The highest BCUT2D eigenvalue weighted by atomic mass is 32.2. The Labute approximate surface area is 99.6 Å². The predicted octanol–water partition coefficient (Wildman–Crippen LogP) is 3.07. The smallest absolute Gasteiger partial charge is 0.271 e. The fourth-order valence-electron chi connectivity index (χ4n) is 1.35. The first-order valence-electron chi connectivity index (χ1n) is 5.13. The van der Waals surface area contributed by atoms with E-state index < -0.39 is 0 Å². The summed E-state index contributed by atoms with van der Waals surface area (Å²) in [7, 11) is 0. The van der Waals surface area contributed by atoms with Crippen molar-refractivity contribution in [1.29, 1.82) is 0 Å². The molecule has 0 fully saturated rings. The number of benzene rings is 1. The van der Waals surface area contributed by atoms with Crippen LogP contribution < -0.4 is 5.32 Å². The van der Waals surface area contributed by atoms with Crippen LogP contribution in [0.3, 0.4) is 0 Å². The summed E-state index contributed by atoms with van der Waals surface area (Å²) in [4.78, 5) is 10.2. The first kappa shape index (κ1) is 12.8. The van der Waals surface area contributed by atoms with Gasteiger partial charge in [0.15, 0.2) is 0 Å². The number of thioether (sulfide) groups is 1. The van der Waals surface area contributed by atoms with Crippen LogP contribution in [0.25, 0.3) is 0 Å². The number of anilines is 1. The van der Waals surface area contributed by atoms with Crippen LogP contribution in [-0.2, 0) is 0 Å². The lowest BCUT2D eigenvalue weighted by atomic mass is 10.2. The van der Waals surface area contributed by atoms with Crippen LogP contribution in [0.5, 0.6) is 0 Å². The van der Waals surface area contributed by atoms with Crippen LogP contribution in [0.2, 0.25) is 0 Å². The highest BCUT2D eigenvalue weighted by Crippen LogP contribution is 2.21. The summed E-state index contributed by atoms with van der Waals surface area (Å²) in [5, 5.41) is 13.8. The van der Waals surface area contributed by atoms with E-state index >= 15 is 0 Å². The highest BCUT2D eigenvalue weighted by molar-refractivity contribution is 7.98. The Morgan fingerprint density at radius 2 is 2.25 bits per heavy atom. The van der Waals surface area contributed by atoms with E-state index in [1.54, 1.807) is 23.9 Å². The molecule has 0 bridgehead atoms. The van der Waals surface area contributed by atoms with Crippen LogP contribution >= 0.6 is 11.8 Å². The van der Waals surface area contributed by atoms with Crippen molar-refractivity contribution in [3.63, 3.8) is 0 Å². The van der Waals surface area contributed by atoms with E-state index in [1.165, 1.54) is 6.07 Å². The van der Waals surface area contributed by atoms with E-state index in [0.29, 0.717) is 0 Å². The molecule has 5 heteroatoms. The van der Waals surface area contributed by atoms with E-state index in [0.717, 1.165) is 30.0 Å². The van der Waals surface area contributed by atoms with Crippen molar-refractivity contribution in [3.8, 4) is 0 Å². The van der Waals surface area contributed by atoms with Gasteiger partial charge in [0.25, 0.3) is 5.69 Å². The van der Waals surface area contributed by atoms with Gasteiger partial charge >= 0.3 is 0 Å². The number of nitrogens with one attached hydrogen (secondary N) is 1. The molecule has 1 rings (SSSR count). The fraction of sp³-hybridized carbons (Fsp3) is 0.455. The Balaban J connectivity index is 2.63. The molecule has 0 atom stereocenters. The molecule has 1 aromatic rings. The Morgan fingerprint density at radius 1 is 1.50 bits per heavy atom. The molecule has 0 spiro atoms. The summed E-state index contributed by atoms with van der Waals surface area (Å²) in [5.74, 6) is 1.10. The summed E-state index contributed by atoms with van der Waals surface area (Å²) < 4.78 is 0. The summed E-state index contributed by atoms with van der Waals surface area (Å²) in [6, 6.07) is 4.89. The van der Waals surface area contributed by atoms with Gasteiger partial charge in [0.1, 0.15) is 0 Å². The lowest BCUT2D eigenvalue weighted by Gasteiger charge is -2.08. The van der Waals surface area contributed by atoms with Gasteiger partial charge in [0.2, 0.25) is 0 Å². The lowest BCUT2D eigenvalue weighted by Crippen LogP contribution is -2.04. The predicted molar refractivity (Wildman–Crippen MR) is 69.3 cm³/mol. The third-order valence-corrected chi connectivity index (χ3v) is 2.97. The average Bonchev–Trinajstić information content (AvgIpc) is 2.26. The van der Waals surface area contributed by atoms with Crippen molar-refractivity contribution >= 4 is 23.1 Å². The molecule has 0 amide bonds. The summed E-state index contributed by atoms with van der Waals surface area (Å²) in [6.07, 6.45) is 3.13. The van der Waals surface area contributed by atoms with Gasteiger partial charge in [0.05, 0.1) is 4.92 Å². The molecule has 0 aliphatic rings. The number of hydrogen-bond acceptors (Lipinski definition) is 4. The lowest BCUT2D eigenvalue weighted by molar-refractivity contribution is -0.384. The Hall–Kier alpha value is -1.23. The van der Waals surface area contributed by atoms with E-state index in [4.69, 9.17) is 0 Å². The fourth-order valence-corrected chi connectivity index (χ4v) is 1.79. The quantitative estimate of drug-likeness (QED) is 0.471. The number of non-ortho nitro benzene ring substituents is 1. The molecule has 0 heterocycles. The zero-order valence-electron chi connectivity index (χ0n) is 9.53. The van der Waals surface area contributed by atoms with Crippen LogP contribution in [0.1, 0.15) is 12.0 Å². The van der Waals surface area contributed by atoms with Gasteiger partial charge in [0, 0.05) is 24.4 Å². The molecule has 0 radical (unpaired) electrons. The number of nitrogens with zero attached hydrogens (tertiary/aromatic N) is 1. The molecule has 1 N–H and O–H groups in total. The van der Waals surface area contributed by atoms with Gasteiger partial charge < -0.3 is 5.32 Å². The first-order valence-corrected chi connectivity index (χ1v) is 6.52. The first-order chi connectivity index (χ1) is 7.65. The van der Waals surface area contributed by atoms with Crippen molar-refractivity contribution < 1.29 is 4.92 Å². The van der Waals surface area contributed by atoms with E-state index in [2.05, 4.69) is 11.6 Å². The van der Waals surface area contributed by atoms with Gasteiger partial charge in [-0.05, 0) is 30.9 Å². The zero-order valence-corrected chi connectivity index (χ0v) is 10.3. The number of aryl methyl sites for hydroxylation is 1. The topological polar surface area (TPSA) is 55.2 Å². The standard InChI is InChI=1S/C11H16N2O2S/c1-9-4-5-10(13(14)15)8-11(9)12-6-3-7-16-2/h4-5,8,12H,3,6-7H2,1-2H3. The molecule has 0 saturated heterocycles. The molecule has 16 heavy (non-hydrogen) atoms. The maximum Gasteiger partial charge on any atom is 0.271 e. The minimum Gasteiger partial charge on any atom is -0.385 e. The second kappa shape index (κ2) is 6.37. The molecule has 1 aromatic carbocycles. The molecule has 4 nitrogen and oxygen atoms in total. The molecule has 0 saturated carbocycles. The Bertz CT molecular complexity index is 369. The summed E-state index contributed by atoms with van der Waals surface area (Å²) in [6.45, 7) is 2.80. The van der Waals surface area contributed by atoms with Crippen LogP contribution in [0.15, 0.2) is 18.2 Å². The van der Waals surface area contributed by atoms with Gasteiger partial charge in [-0.2, -0.15) is 11.8 Å². The molecule has 0 unspecified atom stereocenters. The minimum atomic E-state index is -0.369. The highest BCUT2D eigenvalue weighted by Gasteiger charge is 2.07. The molecule has 0 aromatic heterocycles. The maximum atomic E-state index is 10.6. The molecular formula is C11H16N2O2S. The number of nitro benzene ring substituents is 1. The van der Waals surface area contributed by atoms with Crippen molar-refractivity contribution in [2.24, 2.45) is 0 Å². The van der Waals surface area contributed by atoms with Crippen molar-refractivity contribution in [2.45, 2.75) is 13.3 Å². The minimum absolute atomic E-state index is 0.137. The van der Waals surface area contributed by atoms with E-state index in [-0.39, 0.29) is 10.6 Å². The molecule has 88 valence electrons. The van der Waals surface area contributed by atoms with Gasteiger partial charge in [-0.25, -0.2) is 0 Å². The van der Waals surface area contributed by atoms with Gasteiger partial charge in [-0.3, -0.25) is 10.1 Å². The van der Waals surface area contributed by atoms with Crippen LogP contribution in [0, 0.1) is 17.0 Å². The average molecular weight is 240 g/mol. The van der Waals surface area contributed by atoms with Gasteiger partial charge in [-0.15, -0.1) is 0 Å². The van der Waals surface area contributed by atoms with Crippen molar-refractivity contribution in [2.75, 3.05) is 23.9 Å². The van der Waals surface area contributed by atoms with E-state index in [9.17, 15) is 10.1 Å². The maximum absolute atomic E-state index is 10.6. The largest absolute Gasteiger partial charge is 0.385 e. The van der Waals surface area contributed by atoms with Crippen LogP contribution in [-0.4, -0.2) is 23.5 Å². The third kappa shape index (κ3) is 3.73. The third-order valence-electron chi connectivity index (χ3n) is 2.27. The zero-order chi connectivity index (χ0) is 12.0. The van der Waals surface area contributed by atoms with Crippen molar-refractivity contribution in [3.05, 3.63) is 33.9 Å². The molecule has 0 aliphatic carbocycles. The van der Waals surface area contributed by atoms with E-state index in [1.807, 2.05) is 6.92 Å². The number of hydrogen-bond donors (Lipinski definition) is 1. The number of nitro groups is 1.